The Morgan fingerprint density at radius 3 is 2.72 bits per heavy atom. The minimum Gasteiger partial charge on any atom is -0.457 e. The zero-order valence-electron chi connectivity index (χ0n) is 16.9. The van der Waals surface area contributed by atoms with E-state index >= 15 is 0 Å². The third kappa shape index (κ3) is 5.30. The Hall–Kier alpha value is -2.06. The summed E-state index contributed by atoms with van der Waals surface area (Å²) in [6.45, 7) is 2.37. The van der Waals surface area contributed by atoms with E-state index in [-0.39, 0.29) is 31.4 Å². The summed E-state index contributed by atoms with van der Waals surface area (Å²) in [6.07, 6.45) is 1.22. The number of ether oxygens (including phenoxy) is 5. The van der Waals surface area contributed by atoms with Crippen LogP contribution in [-0.4, -0.2) is 51.1 Å². The van der Waals surface area contributed by atoms with Gasteiger partial charge in [-0.15, -0.1) is 0 Å². The second-order valence-corrected chi connectivity index (χ2v) is 7.10. The van der Waals surface area contributed by atoms with Crippen molar-refractivity contribution in [2.24, 2.45) is 0 Å². The third-order valence-electron chi connectivity index (χ3n) is 5.01. The number of hydrogen-bond donors (Lipinski definition) is 0. The Balaban J connectivity index is 1.85. The summed E-state index contributed by atoms with van der Waals surface area (Å²) < 4.78 is 27.9. The van der Waals surface area contributed by atoms with Crippen LogP contribution in [0.15, 0.2) is 41.5 Å². The molecule has 1 fully saturated rings. The van der Waals surface area contributed by atoms with Crippen molar-refractivity contribution in [2.45, 2.75) is 51.1 Å². The monoisotopic (exact) mass is 404 g/mol. The van der Waals surface area contributed by atoms with Crippen LogP contribution in [0.4, 0.5) is 0 Å². The molecule has 3 rings (SSSR count). The average Bonchev–Trinajstić information content (AvgIpc) is 3.14. The van der Waals surface area contributed by atoms with Crippen LogP contribution in [-0.2, 0) is 33.3 Å². The first-order chi connectivity index (χ1) is 14.2. The summed E-state index contributed by atoms with van der Waals surface area (Å²) in [5, 5.41) is 0. The molecule has 0 amide bonds. The molecule has 29 heavy (non-hydrogen) atoms. The van der Waals surface area contributed by atoms with Crippen LogP contribution in [0, 0.1) is 0 Å². The number of cyclic esters (lactones) is 1. The molecule has 3 atom stereocenters. The number of hydrogen-bond acceptors (Lipinski definition) is 7. The Labute approximate surface area is 170 Å². The standard InChI is InChI=1S/C22H28O7/c1-3-4-6-11-17(23)19-16(12-26-21(19)24)20-18(28-14-25-2)13-27-22(29-20)15-9-7-5-8-10-15/h5,7-10,18,20,22H,3-4,6,11-14H2,1-2H3/t18-,20-,22?/m1/s1. The van der Waals surface area contributed by atoms with Gasteiger partial charge in [0.2, 0.25) is 0 Å². The maximum absolute atomic E-state index is 12.7. The first kappa shape index (κ1) is 21.6. The quantitative estimate of drug-likeness (QED) is 0.257. The molecule has 0 saturated carbocycles. The molecule has 0 spiro atoms. The van der Waals surface area contributed by atoms with Gasteiger partial charge in [-0.05, 0) is 6.42 Å². The molecular weight excluding hydrogens is 376 g/mol. The Bertz CT molecular complexity index is 728. The second kappa shape index (κ2) is 10.6. The van der Waals surface area contributed by atoms with Crippen molar-refractivity contribution in [1.82, 2.24) is 0 Å². The molecule has 0 aromatic heterocycles. The summed E-state index contributed by atoms with van der Waals surface area (Å²) in [5.74, 6) is -0.786. The fourth-order valence-corrected chi connectivity index (χ4v) is 3.51. The molecule has 1 aromatic rings. The van der Waals surface area contributed by atoms with Gasteiger partial charge in [0.05, 0.1) is 6.61 Å². The summed E-state index contributed by atoms with van der Waals surface area (Å²) >= 11 is 0. The molecule has 0 bridgehead atoms. The van der Waals surface area contributed by atoms with Crippen LogP contribution in [0.1, 0.15) is 44.5 Å². The molecule has 158 valence electrons. The molecule has 7 heteroatoms. The minimum absolute atomic E-state index is 0.0205. The van der Waals surface area contributed by atoms with Crippen molar-refractivity contribution >= 4 is 11.8 Å². The SMILES string of the molecule is CCCCCC(=O)C1=C([C@H]2OC(c3ccccc3)OC[C@H]2OCOC)COC1=O. The molecule has 0 N–H and O–H groups in total. The van der Waals surface area contributed by atoms with Gasteiger partial charge in [0.15, 0.2) is 12.1 Å². The fourth-order valence-electron chi connectivity index (χ4n) is 3.51. The number of Topliss-reactive ketones (excluding diaryl/α,β-unsaturated/α-hetero) is 1. The predicted molar refractivity (Wildman–Crippen MR) is 104 cm³/mol. The zero-order chi connectivity index (χ0) is 20.6. The molecule has 0 radical (unpaired) electrons. The van der Waals surface area contributed by atoms with E-state index in [9.17, 15) is 9.59 Å². The maximum Gasteiger partial charge on any atom is 0.342 e. The topological polar surface area (TPSA) is 80.3 Å². The molecule has 1 unspecified atom stereocenters. The Morgan fingerprint density at radius 2 is 2.00 bits per heavy atom. The van der Waals surface area contributed by atoms with Crippen molar-refractivity contribution in [1.29, 1.82) is 0 Å². The van der Waals surface area contributed by atoms with Crippen LogP contribution in [0.5, 0.6) is 0 Å². The van der Waals surface area contributed by atoms with E-state index in [4.69, 9.17) is 23.7 Å². The Morgan fingerprint density at radius 1 is 1.21 bits per heavy atom. The molecule has 2 aliphatic rings. The Kier molecular flexibility index (Phi) is 7.94. The van der Waals surface area contributed by atoms with Gasteiger partial charge in [-0.3, -0.25) is 4.79 Å². The third-order valence-corrected chi connectivity index (χ3v) is 5.01. The van der Waals surface area contributed by atoms with E-state index in [1.807, 2.05) is 30.3 Å². The predicted octanol–water partition coefficient (Wildman–Crippen LogP) is 3.09. The summed E-state index contributed by atoms with van der Waals surface area (Å²) in [6, 6.07) is 9.51. The lowest BCUT2D eigenvalue weighted by molar-refractivity contribution is -0.267. The molecule has 2 heterocycles. The summed E-state index contributed by atoms with van der Waals surface area (Å²) in [7, 11) is 1.52. The van der Waals surface area contributed by atoms with Gasteiger partial charge < -0.3 is 23.7 Å². The van der Waals surface area contributed by atoms with Crippen LogP contribution in [0.25, 0.3) is 0 Å². The molecule has 2 aliphatic heterocycles. The highest BCUT2D eigenvalue weighted by Crippen LogP contribution is 2.34. The van der Waals surface area contributed by atoms with Gasteiger partial charge in [0.25, 0.3) is 0 Å². The first-order valence-corrected chi connectivity index (χ1v) is 10.0. The van der Waals surface area contributed by atoms with Crippen molar-refractivity contribution in [3.63, 3.8) is 0 Å². The van der Waals surface area contributed by atoms with Gasteiger partial charge in [0, 0.05) is 24.7 Å². The van der Waals surface area contributed by atoms with Crippen molar-refractivity contribution in [3.8, 4) is 0 Å². The van der Waals surface area contributed by atoms with Gasteiger partial charge >= 0.3 is 5.97 Å². The second-order valence-electron chi connectivity index (χ2n) is 7.10. The van der Waals surface area contributed by atoms with E-state index in [0.717, 1.165) is 24.8 Å². The average molecular weight is 404 g/mol. The molecular formula is C22H28O7. The number of methoxy groups -OCH3 is 1. The van der Waals surface area contributed by atoms with Gasteiger partial charge in [-0.2, -0.15) is 0 Å². The van der Waals surface area contributed by atoms with E-state index in [0.29, 0.717) is 12.0 Å². The number of ketones is 1. The molecule has 0 aliphatic carbocycles. The summed E-state index contributed by atoms with van der Waals surface area (Å²) in [5.41, 5.74) is 1.48. The number of rotatable bonds is 10. The number of benzene rings is 1. The van der Waals surface area contributed by atoms with E-state index < -0.39 is 24.5 Å². The number of carbonyl (C=O) groups is 2. The highest BCUT2D eigenvalue weighted by Gasteiger charge is 2.42. The van der Waals surface area contributed by atoms with Gasteiger partial charge in [0.1, 0.15) is 31.2 Å². The van der Waals surface area contributed by atoms with E-state index in [2.05, 4.69) is 6.92 Å². The van der Waals surface area contributed by atoms with Crippen LogP contribution < -0.4 is 0 Å². The van der Waals surface area contributed by atoms with Crippen LogP contribution >= 0.6 is 0 Å². The van der Waals surface area contributed by atoms with Crippen molar-refractivity contribution < 1.29 is 33.3 Å². The zero-order valence-corrected chi connectivity index (χ0v) is 16.9. The summed E-state index contributed by atoms with van der Waals surface area (Å²) in [4.78, 5) is 25.1. The highest BCUT2D eigenvalue weighted by atomic mass is 16.7. The maximum atomic E-state index is 12.7. The lowest BCUT2D eigenvalue weighted by Crippen LogP contribution is -2.44. The number of unbranched alkanes of at least 4 members (excludes halogenated alkanes) is 2. The number of carbonyl (C=O) groups excluding carboxylic acids is 2. The molecule has 1 saturated heterocycles. The largest absolute Gasteiger partial charge is 0.457 e. The minimum atomic E-state index is -0.638. The van der Waals surface area contributed by atoms with E-state index in [1.165, 1.54) is 7.11 Å². The normalized spacial score (nSPS) is 24.6. The van der Waals surface area contributed by atoms with Crippen molar-refractivity contribution in [2.75, 3.05) is 27.1 Å². The van der Waals surface area contributed by atoms with E-state index in [1.54, 1.807) is 0 Å². The number of esters is 1. The van der Waals surface area contributed by atoms with Gasteiger partial charge in [-0.25, -0.2) is 4.79 Å². The van der Waals surface area contributed by atoms with Crippen LogP contribution in [0.3, 0.4) is 0 Å². The first-order valence-electron chi connectivity index (χ1n) is 10.0. The van der Waals surface area contributed by atoms with Crippen molar-refractivity contribution in [3.05, 3.63) is 47.0 Å². The lowest BCUT2D eigenvalue weighted by Gasteiger charge is -2.37. The fraction of sp³-hybridized carbons (Fsp3) is 0.545. The molecule has 1 aromatic carbocycles. The lowest BCUT2D eigenvalue weighted by atomic mass is 9.95. The highest BCUT2D eigenvalue weighted by molar-refractivity contribution is 6.19. The van der Waals surface area contributed by atoms with Crippen LogP contribution in [0.2, 0.25) is 0 Å². The molecule has 7 nitrogen and oxygen atoms in total. The smallest absolute Gasteiger partial charge is 0.342 e. The van der Waals surface area contributed by atoms with Gasteiger partial charge in [-0.1, -0.05) is 50.1 Å².